The number of hydrogen-bond acceptors (Lipinski definition) is 6. The number of aromatic nitrogens is 2. The summed E-state index contributed by atoms with van der Waals surface area (Å²) in [5, 5.41) is 16.6. The number of nitrogens with one attached hydrogen (secondary N) is 2. The lowest BCUT2D eigenvalue weighted by Crippen LogP contribution is -2.22. The molecule has 0 aromatic carbocycles. The van der Waals surface area contributed by atoms with Crippen LogP contribution < -0.4 is 10.6 Å². The van der Waals surface area contributed by atoms with Crippen LogP contribution in [0.2, 0.25) is 0 Å². The maximum atomic E-state index is 11.7. The van der Waals surface area contributed by atoms with Crippen LogP contribution in [0.1, 0.15) is 21.6 Å². The van der Waals surface area contributed by atoms with Crippen LogP contribution in [0.4, 0.5) is 5.13 Å². The molecule has 0 saturated carbocycles. The average molecular weight is 268 g/mol. The smallest absolute Gasteiger partial charge is 0.282 e. The Morgan fingerprint density at radius 1 is 1.47 bits per heavy atom. The largest absolute Gasteiger partial charge is 0.360 e. The molecular weight excluding hydrogens is 256 g/mol. The fraction of sp³-hybridized carbons (Fsp3) is 0.300. The van der Waals surface area contributed by atoms with Gasteiger partial charge >= 0.3 is 0 Å². The quantitative estimate of drug-likeness (QED) is 0.870. The van der Waals surface area contributed by atoms with Crippen molar-refractivity contribution in [2.45, 2.75) is 13.5 Å². The standard InChI is InChI=1S/C10H12N4OS2/c1-2-11-10-14-13-9(17-10)8(15)12-6-7-4-3-5-16-7/h3-5H,2,6H2,1H3,(H,11,14)(H,12,15). The van der Waals surface area contributed by atoms with Gasteiger partial charge in [-0.25, -0.2) is 0 Å². The summed E-state index contributed by atoms with van der Waals surface area (Å²) in [6.07, 6.45) is 0. The zero-order chi connectivity index (χ0) is 12.1. The molecule has 1 amide bonds. The lowest BCUT2D eigenvalue weighted by atomic mass is 10.4. The highest BCUT2D eigenvalue weighted by Crippen LogP contribution is 2.15. The Balaban J connectivity index is 1.90. The first-order valence-corrected chi connectivity index (χ1v) is 6.87. The molecular formula is C10H12N4OS2. The van der Waals surface area contributed by atoms with E-state index < -0.39 is 0 Å². The van der Waals surface area contributed by atoms with Crippen LogP contribution in [-0.2, 0) is 6.54 Å². The molecule has 0 aliphatic carbocycles. The predicted octanol–water partition coefficient (Wildman–Crippen LogP) is 1.96. The third-order valence-corrected chi connectivity index (χ3v) is 3.71. The van der Waals surface area contributed by atoms with Gasteiger partial charge in [-0.3, -0.25) is 4.79 Å². The lowest BCUT2D eigenvalue weighted by molar-refractivity contribution is 0.0950. The van der Waals surface area contributed by atoms with E-state index in [0.717, 1.165) is 11.4 Å². The van der Waals surface area contributed by atoms with E-state index in [1.54, 1.807) is 11.3 Å². The van der Waals surface area contributed by atoms with Gasteiger partial charge in [0.15, 0.2) is 0 Å². The summed E-state index contributed by atoms with van der Waals surface area (Å²) in [4.78, 5) is 12.9. The van der Waals surface area contributed by atoms with Crippen LogP contribution in [0.15, 0.2) is 17.5 Å². The monoisotopic (exact) mass is 268 g/mol. The van der Waals surface area contributed by atoms with Crippen molar-refractivity contribution in [1.82, 2.24) is 15.5 Å². The van der Waals surface area contributed by atoms with Crippen LogP contribution in [-0.4, -0.2) is 22.6 Å². The molecule has 2 N–H and O–H groups in total. The zero-order valence-corrected chi connectivity index (χ0v) is 10.9. The molecule has 2 rings (SSSR count). The molecule has 2 heterocycles. The minimum absolute atomic E-state index is 0.181. The summed E-state index contributed by atoms with van der Waals surface area (Å²) >= 11 is 2.87. The summed E-state index contributed by atoms with van der Waals surface area (Å²) in [5.74, 6) is -0.181. The van der Waals surface area contributed by atoms with Crippen LogP contribution in [0.3, 0.4) is 0 Å². The van der Waals surface area contributed by atoms with Crippen LogP contribution >= 0.6 is 22.7 Å². The number of anilines is 1. The molecule has 2 aromatic heterocycles. The van der Waals surface area contributed by atoms with Crippen molar-refractivity contribution in [2.24, 2.45) is 0 Å². The Morgan fingerprint density at radius 2 is 2.35 bits per heavy atom. The molecule has 0 atom stereocenters. The summed E-state index contributed by atoms with van der Waals surface area (Å²) in [7, 11) is 0. The minimum Gasteiger partial charge on any atom is -0.360 e. The van der Waals surface area contributed by atoms with E-state index in [2.05, 4.69) is 20.8 Å². The fourth-order valence-corrected chi connectivity index (χ4v) is 2.57. The van der Waals surface area contributed by atoms with Crippen molar-refractivity contribution in [1.29, 1.82) is 0 Å². The fourth-order valence-electron chi connectivity index (χ4n) is 1.19. The number of thiophene rings is 1. The molecule has 0 bridgehead atoms. The van der Waals surface area contributed by atoms with E-state index in [1.807, 2.05) is 24.4 Å². The first-order valence-electron chi connectivity index (χ1n) is 5.17. The van der Waals surface area contributed by atoms with Gasteiger partial charge in [-0.15, -0.1) is 21.5 Å². The van der Waals surface area contributed by atoms with Gasteiger partial charge in [0.05, 0.1) is 6.54 Å². The second-order valence-electron chi connectivity index (χ2n) is 3.20. The van der Waals surface area contributed by atoms with Gasteiger partial charge in [-0.05, 0) is 18.4 Å². The van der Waals surface area contributed by atoms with Gasteiger partial charge in [0.25, 0.3) is 5.91 Å². The molecule has 17 heavy (non-hydrogen) atoms. The summed E-state index contributed by atoms with van der Waals surface area (Å²) in [5.41, 5.74) is 0. The van der Waals surface area contributed by atoms with E-state index in [-0.39, 0.29) is 5.91 Å². The number of nitrogens with zero attached hydrogens (tertiary/aromatic N) is 2. The van der Waals surface area contributed by atoms with Crippen LogP contribution in [0.25, 0.3) is 0 Å². The molecule has 2 aromatic rings. The normalized spacial score (nSPS) is 10.2. The summed E-state index contributed by atoms with van der Waals surface area (Å²) in [6.45, 7) is 3.27. The van der Waals surface area contributed by atoms with Crippen molar-refractivity contribution >= 4 is 33.7 Å². The maximum absolute atomic E-state index is 11.7. The maximum Gasteiger partial charge on any atom is 0.282 e. The number of amides is 1. The van der Waals surface area contributed by atoms with Crippen molar-refractivity contribution in [3.8, 4) is 0 Å². The minimum atomic E-state index is -0.181. The molecule has 0 saturated heterocycles. The number of rotatable bonds is 5. The molecule has 7 heteroatoms. The zero-order valence-electron chi connectivity index (χ0n) is 9.27. The van der Waals surface area contributed by atoms with Gasteiger partial charge < -0.3 is 10.6 Å². The Bertz CT molecular complexity index is 480. The second-order valence-corrected chi connectivity index (χ2v) is 5.21. The van der Waals surface area contributed by atoms with Crippen LogP contribution in [0, 0.1) is 0 Å². The molecule has 0 aliphatic rings. The SMILES string of the molecule is CCNc1nnc(C(=O)NCc2cccs2)s1. The van der Waals surface area contributed by atoms with Gasteiger partial charge in [0, 0.05) is 11.4 Å². The van der Waals surface area contributed by atoms with Crippen molar-refractivity contribution in [3.05, 3.63) is 27.4 Å². The average Bonchev–Trinajstić information content (AvgIpc) is 2.97. The van der Waals surface area contributed by atoms with E-state index in [9.17, 15) is 4.79 Å². The first kappa shape index (κ1) is 12.0. The predicted molar refractivity (Wildman–Crippen MR) is 69.6 cm³/mol. The molecule has 0 unspecified atom stereocenters. The van der Waals surface area contributed by atoms with Crippen LogP contribution in [0.5, 0.6) is 0 Å². The Morgan fingerprint density at radius 3 is 3.06 bits per heavy atom. The molecule has 0 radical (unpaired) electrons. The van der Waals surface area contributed by atoms with E-state index in [4.69, 9.17) is 0 Å². The molecule has 90 valence electrons. The highest BCUT2D eigenvalue weighted by Gasteiger charge is 2.11. The van der Waals surface area contributed by atoms with Gasteiger partial charge in [0.2, 0.25) is 10.1 Å². The van der Waals surface area contributed by atoms with Gasteiger partial charge in [0.1, 0.15) is 0 Å². The van der Waals surface area contributed by atoms with Crippen molar-refractivity contribution in [2.75, 3.05) is 11.9 Å². The van der Waals surface area contributed by atoms with Crippen molar-refractivity contribution < 1.29 is 4.79 Å². The lowest BCUT2D eigenvalue weighted by Gasteiger charge is -1.99. The number of hydrogen-bond donors (Lipinski definition) is 2. The first-order chi connectivity index (χ1) is 8.29. The third kappa shape index (κ3) is 3.24. The summed E-state index contributed by atoms with van der Waals surface area (Å²) < 4.78 is 0. The van der Waals surface area contributed by atoms with Gasteiger partial charge in [-0.1, -0.05) is 17.4 Å². The summed E-state index contributed by atoms with van der Waals surface area (Å²) in [6, 6.07) is 3.94. The third-order valence-electron chi connectivity index (χ3n) is 1.95. The Kier molecular flexibility index (Phi) is 4.05. The van der Waals surface area contributed by atoms with E-state index in [1.165, 1.54) is 11.3 Å². The van der Waals surface area contributed by atoms with E-state index in [0.29, 0.717) is 16.7 Å². The molecule has 0 spiro atoms. The Labute approximate surface area is 107 Å². The second kappa shape index (κ2) is 5.74. The van der Waals surface area contributed by atoms with Gasteiger partial charge in [-0.2, -0.15) is 0 Å². The molecule has 5 nitrogen and oxygen atoms in total. The number of carbonyl (C=O) groups excluding carboxylic acids is 1. The molecule has 0 aliphatic heterocycles. The topological polar surface area (TPSA) is 66.9 Å². The van der Waals surface area contributed by atoms with Crippen molar-refractivity contribution in [3.63, 3.8) is 0 Å². The number of carbonyl (C=O) groups is 1. The highest BCUT2D eigenvalue weighted by molar-refractivity contribution is 7.17. The molecule has 0 fully saturated rings. The highest BCUT2D eigenvalue weighted by atomic mass is 32.1. The Hall–Kier alpha value is -1.47. The van der Waals surface area contributed by atoms with E-state index >= 15 is 0 Å².